The Balaban J connectivity index is 3.18. The Hall–Kier alpha value is 0.0900. The van der Waals surface area contributed by atoms with Crippen LogP contribution in [0.2, 0.25) is 0 Å². The number of hydrogen-bond donors (Lipinski definition) is 0. The first kappa shape index (κ1) is 13.2. The largest absolute Gasteiger partial charge is 0.199 e. The van der Waals surface area contributed by atoms with Crippen LogP contribution in [0, 0.1) is 6.92 Å². The van der Waals surface area contributed by atoms with Crippen molar-refractivity contribution in [2.24, 2.45) is 0 Å². The highest BCUT2D eigenvalue weighted by Crippen LogP contribution is 2.48. The summed E-state index contributed by atoms with van der Waals surface area (Å²) in [5.41, 5.74) is 1.84. The smallest absolute Gasteiger partial charge is 0.0827 e. The van der Waals surface area contributed by atoms with Gasteiger partial charge in [0, 0.05) is 5.41 Å². The highest BCUT2D eigenvalue weighted by molar-refractivity contribution is 6.68. The molecule has 0 radical (unpaired) electrons. The number of rotatable bonds is 2. The minimum atomic E-state index is -1.28. The fraction of sp³-hybridized carbons (Fsp3) is 0.500. The van der Waals surface area contributed by atoms with Gasteiger partial charge in [0.1, 0.15) is 0 Å². The van der Waals surface area contributed by atoms with Crippen LogP contribution in [-0.2, 0) is 5.41 Å². The third-order valence-corrected chi connectivity index (χ3v) is 4.27. The molecule has 0 amide bonds. The van der Waals surface area contributed by atoms with Crippen LogP contribution in [0.5, 0.6) is 0 Å². The van der Waals surface area contributed by atoms with Gasteiger partial charge in [-0.25, -0.2) is 0 Å². The van der Waals surface area contributed by atoms with Crippen LogP contribution in [0.4, 0.5) is 0 Å². The predicted molar refractivity (Wildman–Crippen MR) is 69.1 cm³/mol. The monoisotopic (exact) mass is 264 g/mol. The van der Waals surface area contributed by atoms with Gasteiger partial charge in [-0.05, 0) is 18.9 Å². The van der Waals surface area contributed by atoms with Gasteiger partial charge in [-0.2, -0.15) is 0 Å². The molecule has 1 aromatic carbocycles. The lowest BCUT2D eigenvalue weighted by atomic mass is 9.81. The van der Waals surface area contributed by atoms with Crippen molar-refractivity contribution >= 4 is 34.8 Å². The minimum absolute atomic E-state index is 0.439. The normalized spacial score (nSPS) is 16.1. The average molecular weight is 266 g/mol. The maximum atomic E-state index is 6.05. The van der Waals surface area contributed by atoms with E-state index < -0.39 is 9.21 Å². The van der Waals surface area contributed by atoms with Crippen molar-refractivity contribution in [1.82, 2.24) is 0 Å². The summed E-state index contributed by atoms with van der Waals surface area (Å²) >= 11 is 18.1. The molecule has 1 aromatic rings. The molecule has 0 saturated heterocycles. The van der Waals surface area contributed by atoms with E-state index in [4.69, 9.17) is 34.8 Å². The van der Waals surface area contributed by atoms with E-state index in [1.54, 1.807) is 0 Å². The Bertz CT molecular complexity index is 324. The molecule has 1 rings (SSSR count). The van der Waals surface area contributed by atoms with Crippen molar-refractivity contribution in [3.63, 3.8) is 0 Å². The first-order valence-corrected chi connectivity index (χ1v) is 6.08. The average Bonchev–Trinajstić information content (AvgIpc) is 2.16. The third-order valence-electron chi connectivity index (χ3n) is 3.02. The van der Waals surface area contributed by atoms with Crippen molar-refractivity contribution in [1.29, 1.82) is 0 Å². The zero-order valence-electron chi connectivity index (χ0n) is 9.15. The van der Waals surface area contributed by atoms with Gasteiger partial charge in [0.2, 0.25) is 0 Å². The van der Waals surface area contributed by atoms with Crippen molar-refractivity contribution < 1.29 is 0 Å². The van der Waals surface area contributed by atoms with Crippen LogP contribution in [-0.4, -0.2) is 3.79 Å². The summed E-state index contributed by atoms with van der Waals surface area (Å²) in [6.07, 6.45) is 0.784. The number of aryl methyl sites for hydroxylation is 1. The molecule has 0 spiro atoms. The van der Waals surface area contributed by atoms with Gasteiger partial charge < -0.3 is 0 Å². The second-order valence-corrected chi connectivity index (χ2v) is 6.33. The van der Waals surface area contributed by atoms with Gasteiger partial charge in [0.05, 0.1) is 0 Å². The zero-order chi connectivity index (χ0) is 11.7. The molecular formula is C12H15Cl3. The summed E-state index contributed by atoms with van der Waals surface area (Å²) < 4.78 is -1.28. The second-order valence-electron chi connectivity index (χ2n) is 4.05. The predicted octanol–water partition coefficient (Wildman–Crippen LogP) is 5.03. The highest BCUT2D eigenvalue weighted by atomic mass is 35.6. The van der Waals surface area contributed by atoms with E-state index in [1.807, 2.05) is 45.0 Å². The maximum Gasteiger partial charge on any atom is 0.199 e. The highest BCUT2D eigenvalue weighted by Gasteiger charge is 2.44. The van der Waals surface area contributed by atoms with Gasteiger partial charge in [-0.1, -0.05) is 78.5 Å². The molecule has 15 heavy (non-hydrogen) atoms. The molecule has 0 aromatic heterocycles. The number of benzene rings is 1. The molecule has 1 atom stereocenters. The van der Waals surface area contributed by atoms with Crippen LogP contribution < -0.4 is 0 Å². The van der Waals surface area contributed by atoms with Crippen LogP contribution >= 0.6 is 34.8 Å². The van der Waals surface area contributed by atoms with E-state index in [0.29, 0.717) is 0 Å². The Morgan fingerprint density at radius 3 is 1.87 bits per heavy atom. The molecule has 0 nitrogen and oxygen atoms in total. The SMILES string of the molecule is CCC(C)(c1ccc(C)cc1)C(Cl)(Cl)Cl. The van der Waals surface area contributed by atoms with E-state index in [9.17, 15) is 0 Å². The standard InChI is InChI=1S/C12H15Cl3/c1-4-11(3,12(13,14)15)10-7-5-9(2)6-8-10/h5-8H,4H2,1-3H3. The quantitative estimate of drug-likeness (QED) is 0.658. The molecule has 1 unspecified atom stereocenters. The lowest BCUT2D eigenvalue weighted by Crippen LogP contribution is -2.36. The third kappa shape index (κ3) is 2.61. The van der Waals surface area contributed by atoms with Crippen LogP contribution in [0.25, 0.3) is 0 Å². The molecule has 0 heterocycles. The second kappa shape index (κ2) is 4.53. The number of halogens is 3. The number of alkyl halides is 3. The summed E-state index contributed by atoms with van der Waals surface area (Å²) in [6.45, 7) is 6.05. The summed E-state index contributed by atoms with van der Waals surface area (Å²) in [5, 5.41) is 0. The maximum absolute atomic E-state index is 6.05. The lowest BCUT2D eigenvalue weighted by Gasteiger charge is -2.36. The molecule has 0 fully saturated rings. The molecule has 3 heteroatoms. The molecular weight excluding hydrogens is 250 g/mol. The molecule has 0 aliphatic carbocycles. The summed E-state index contributed by atoms with van der Waals surface area (Å²) in [6, 6.07) is 8.14. The Morgan fingerprint density at radius 1 is 1.07 bits per heavy atom. The first-order valence-electron chi connectivity index (χ1n) is 4.95. The lowest BCUT2D eigenvalue weighted by molar-refractivity contribution is 0.464. The van der Waals surface area contributed by atoms with Crippen molar-refractivity contribution in [3.8, 4) is 0 Å². The molecule has 0 N–H and O–H groups in total. The summed E-state index contributed by atoms with van der Waals surface area (Å²) in [7, 11) is 0. The van der Waals surface area contributed by atoms with E-state index in [0.717, 1.165) is 12.0 Å². The van der Waals surface area contributed by atoms with Gasteiger partial charge in [-0.3, -0.25) is 0 Å². The first-order chi connectivity index (χ1) is 6.81. The molecule has 0 saturated carbocycles. The van der Waals surface area contributed by atoms with E-state index >= 15 is 0 Å². The van der Waals surface area contributed by atoms with E-state index in [1.165, 1.54) is 5.56 Å². The van der Waals surface area contributed by atoms with E-state index in [2.05, 4.69) is 0 Å². The Morgan fingerprint density at radius 2 is 1.53 bits per heavy atom. The van der Waals surface area contributed by atoms with Crippen LogP contribution in [0.15, 0.2) is 24.3 Å². The Labute approximate surface area is 107 Å². The van der Waals surface area contributed by atoms with Crippen LogP contribution in [0.3, 0.4) is 0 Å². The number of hydrogen-bond acceptors (Lipinski definition) is 0. The van der Waals surface area contributed by atoms with Crippen molar-refractivity contribution in [3.05, 3.63) is 35.4 Å². The summed E-state index contributed by atoms with van der Waals surface area (Å²) in [5.74, 6) is 0. The van der Waals surface area contributed by atoms with Gasteiger partial charge in [0.15, 0.2) is 3.79 Å². The molecule has 0 aliphatic heterocycles. The summed E-state index contributed by atoms with van der Waals surface area (Å²) in [4.78, 5) is 0. The van der Waals surface area contributed by atoms with E-state index in [-0.39, 0.29) is 0 Å². The van der Waals surface area contributed by atoms with Gasteiger partial charge in [-0.15, -0.1) is 0 Å². The molecule has 0 aliphatic rings. The topological polar surface area (TPSA) is 0 Å². The van der Waals surface area contributed by atoms with Gasteiger partial charge in [0.25, 0.3) is 0 Å². The Kier molecular flexibility index (Phi) is 3.97. The zero-order valence-corrected chi connectivity index (χ0v) is 11.4. The minimum Gasteiger partial charge on any atom is -0.0827 e. The van der Waals surface area contributed by atoms with Gasteiger partial charge >= 0.3 is 0 Å². The molecule has 84 valence electrons. The van der Waals surface area contributed by atoms with Crippen LogP contribution in [0.1, 0.15) is 31.4 Å². The van der Waals surface area contributed by atoms with Crippen molar-refractivity contribution in [2.45, 2.75) is 36.4 Å². The van der Waals surface area contributed by atoms with Crippen molar-refractivity contribution in [2.75, 3.05) is 0 Å². The fourth-order valence-electron chi connectivity index (χ4n) is 1.49. The fourth-order valence-corrected chi connectivity index (χ4v) is 2.22. The molecule has 0 bridgehead atoms.